The van der Waals surface area contributed by atoms with Crippen molar-refractivity contribution in [2.45, 2.75) is 33.1 Å². The fourth-order valence-corrected chi connectivity index (χ4v) is 1.61. The summed E-state index contributed by atoms with van der Waals surface area (Å²) in [4.78, 5) is 11.1. The standard InChI is InChI=1S/C10H20N2O/c1-8(2)10(4-5-10)7-12-9(13)3-6-11/h8H,3-7,11H2,1-2H3,(H,12,13). The Balaban J connectivity index is 2.22. The predicted molar refractivity (Wildman–Crippen MR) is 53.2 cm³/mol. The molecule has 0 heterocycles. The average Bonchev–Trinajstić information content (AvgIpc) is 2.82. The van der Waals surface area contributed by atoms with Gasteiger partial charge < -0.3 is 11.1 Å². The van der Waals surface area contributed by atoms with Crippen molar-refractivity contribution in [1.29, 1.82) is 0 Å². The molecular weight excluding hydrogens is 164 g/mol. The van der Waals surface area contributed by atoms with E-state index in [9.17, 15) is 4.79 Å². The fraction of sp³-hybridized carbons (Fsp3) is 0.900. The summed E-state index contributed by atoms with van der Waals surface area (Å²) in [5.41, 5.74) is 5.69. The van der Waals surface area contributed by atoms with Gasteiger partial charge in [-0.2, -0.15) is 0 Å². The van der Waals surface area contributed by atoms with Gasteiger partial charge in [0.2, 0.25) is 5.91 Å². The van der Waals surface area contributed by atoms with Crippen molar-refractivity contribution in [3.8, 4) is 0 Å². The summed E-state index contributed by atoms with van der Waals surface area (Å²) in [6, 6.07) is 0. The maximum atomic E-state index is 11.1. The normalized spacial score (nSPS) is 18.8. The summed E-state index contributed by atoms with van der Waals surface area (Å²) in [5.74, 6) is 0.764. The summed E-state index contributed by atoms with van der Waals surface area (Å²) in [6.45, 7) is 5.73. The molecule has 1 amide bonds. The Morgan fingerprint density at radius 2 is 2.15 bits per heavy atom. The zero-order valence-corrected chi connectivity index (χ0v) is 8.60. The van der Waals surface area contributed by atoms with Gasteiger partial charge in [0.25, 0.3) is 0 Å². The molecule has 0 radical (unpaired) electrons. The minimum Gasteiger partial charge on any atom is -0.355 e. The molecule has 13 heavy (non-hydrogen) atoms. The Morgan fingerprint density at radius 1 is 1.54 bits per heavy atom. The molecule has 76 valence electrons. The van der Waals surface area contributed by atoms with Gasteiger partial charge in [-0.05, 0) is 24.2 Å². The number of carbonyl (C=O) groups is 1. The zero-order chi connectivity index (χ0) is 9.90. The SMILES string of the molecule is CC(C)C1(CNC(=O)CCN)CC1. The van der Waals surface area contributed by atoms with Gasteiger partial charge >= 0.3 is 0 Å². The van der Waals surface area contributed by atoms with Gasteiger partial charge in [-0.1, -0.05) is 13.8 Å². The largest absolute Gasteiger partial charge is 0.355 e. The van der Waals surface area contributed by atoms with Crippen molar-refractivity contribution in [2.75, 3.05) is 13.1 Å². The van der Waals surface area contributed by atoms with Crippen molar-refractivity contribution in [3.05, 3.63) is 0 Å². The van der Waals surface area contributed by atoms with E-state index in [1.165, 1.54) is 12.8 Å². The quantitative estimate of drug-likeness (QED) is 0.666. The molecule has 0 aromatic rings. The minimum absolute atomic E-state index is 0.0921. The van der Waals surface area contributed by atoms with E-state index in [0.717, 1.165) is 6.54 Å². The number of nitrogens with one attached hydrogen (secondary N) is 1. The molecule has 0 saturated heterocycles. The van der Waals surface area contributed by atoms with Crippen LogP contribution in [0.1, 0.15) is 33.1 Å². The topological polar surface area (TPSA) is 55.1 Å². The molecule has 0 unspecified atom stereocenters. The molecule has 0 aromatic carbocycles. The van der Waals surface area contributed by atoms with Gasteiger partial charge in [0.1, 0.15) is 0 Å². The third-order valence-electron chi connectivity index (χ3n) is 3.13. The number of hydrogen-bond donors (Lipinski definition) is 2. The Bertz CT molecular complexity index is 185. The number of amides is 1. The van der Waals surface area contributed by atoms with Crippen LogP contribution < -0.4 is 11.1 Å². The minimum atomic E-state index is 0.0921. The van der Waals surface area contributed by atoms with Crippen molar-refractivity contribution in [2.24, 2.45) is 17.1 Å². The molecule has 1 aliphatic rings. The van der Waals surface area contributed by atoms with Crippen LogP contribution in [0.15, 0.2) is 0 Å². The highest BCUT2D eigenvalue weighted by Crippen LogP contribution is 2.51. The molecule has 0 spiro atoms. The number of rotatable bonds is 5. The molecule has 1 saturated carbocycles. The van der Waals surface area contributed by atoms with Crippen LogP contribution in [0, 0.1) is 11.3 Å². The second kappa shape index (κ2) is 4.09. The summed E-state index contributed by atoms with van der Waals surface area (Å²) in [5, 5.41) is 2.95. The van der Waals surface area contributed by atoms with E-state index in [1.54, 1.807) is 0 Å². The van der Waals surface area contributed by atoms with Crippen LogP contribution in [-0.2, 0) is 4.79 Å². The Labute approximate surface area is 80.1 Å². The average molecular weight is 184 g/mol. The lowest BCUT2D eigenvalue weighted by Crippen LogP contribution is -2.33. The van der Waals surface area contributed by atoms with Gasteiger partial charge in [-0.3, -0.25) is 4.79 Å². The van der Waals surface area contributed by atoms with Gasteiger partial charge in [-0.25, -0.2) is 0 Å². The van der Waals surface area contributed by atoms with E-state index in [2.05, 4.69) is 19.2 Å². The molecule has 3 heteroatoms. The zero-order valence-electron chi connectivity index (χ0n) is 8.60. The first-order valence-corrected chi connectivity index (χ1v) is 5.07. The first-order valence-electron chi connectivity index (χ1n) is 5.07. The highest BCUT2D eigenvalue weighted by atomic mass is 16.1. The molecule has 0 bridgehead atoms. The third kappa shape index (κ3) is 2.69. The van der Waals surface area contributed by atoms with Crippen molar-refractivity contribution < 1.29 is 4.79 Å². The molecule has 3 nitrogen and oxygen atoms in total. The first-order chi connectivity index (χ1) is 6.10. The van der Waals surface area contributed by atoms with E-state index in [1.807, 2.05) is 0 Å². The van der Waals surface area contributed by atoms with Gasteiger partial charge in [0.15, 0.2) is 0 Å². The first kappa shape index (κ1) is 10.5. The molecule has 0 aliphatic heterocycles. The van der Waals surface area contributed by atoms with Crippen LogP contribution in [0.3, 0.4) is 0 Å². The summed E-state index contributed by atoms with van der Waals surface area (Å²) in [6.07, 6.45) is 2.97. The lowest BCUT2D eigenvalue weighted by molar-refractivity contribution is -0.121. The molecule has 3 N–H and O–H groups in total. The highest BCUT2D eigenvalue weighted by molar-refractivity contribution is 5.76. The Morgan fingerprint density at radius 3 is 2.54 bits per heavy atom. The summed E-state index contributed by atoms with van der Waals surface area (Å²) in [7, 11) is 0. The molecule has 1 fully saturated rings. The second-order valence-electron chi connectivity index (χ2n) is 4.33. The highest BCUT2D eigenvalue weighted by Gasteiger charge is 2.45. The molecular formula is C10H20N2O. The van der Waals surface area contributed by atoms with Crippen LogP contribution in [-0.4, -0.2) is 19.0 Å². The molecule has 0 aromatic heterocycles. The predicted octanol–water partition coefficient (Wildman–Crippen LogP) is 0.888. The van der Waals surface area contributed by atoms with E-state index in [4.69, 9.17) is 5.73 Å². The van der Waals surface area contributed by atoms with Crippen LogP contribution >= 0.6 is 0 Å². The number of carbonyl (C=O) groups excluding carboxylic acids is 1. The van der Waals surface area contributed by atoms with E-state index < -0.39 is 0 Å². The van der Waals surface area contributed by atoms with Crippen molar-refractivity contribution >= 4 is 5.91 Å². The van der Waals surface area contributed by atoms with Gasteiger partial charge in [0.05, 0.1) is 0 Å². The van der Waals surface area contributed by atoms with Gasteiger partial charge in [0, 0.05) is 19.5 Å². The maximum absolute atomic E-state index is 11.1. The number of hydrogen-bond acceptors (Lipinski definition) is 2. The summed E-state index contributed by atoms with van der Waals surface area (Å²) < 4.78 is 0. The molecule has 0 atom stereocenters. The van der Waals surface area contributed by atoms with Crippen molar-refractivity contribution in [1.82, 2.24) is 5.32 Å². The number of nitrogens with two attached hydrogens (primary N) is 1. The van der Waals surface area contributed by atoms with E-state index in [0.29, 0.717) is 24.3 Å². The molecule has 1 aliphatic carbocycles. The fourth-order valence-electron chi connectivity index (χ4n) is 1.61. The van der Waals surface area contributed by atoms with Crippen molar-refractivity contribution in [3.63, 3.8) is 0 Å². The smallest absolute Gasteiger partial charge is 0.221 e. The summed E-state index contributed by atoms with van der Waals surface area (Å²) >= 11 is 0. The maximum Gasteiger partial charge on any atom is 0.221 e. The Hall–Kier alpha value is -0.570. The Kier molecular flexibility index (Phi) is 3.31. The van der Waals surface area contributed by atoms with Crippen LogP contribution in [0.25, 0.3) is 0 Å². The lowest BCUT2D eigenvalue weighted by Gasteiger charge is -2.19. The van der Waals surface area contributed by atoms with Crippen LogP contribution in [0.4, 0.5) is 0 Å². The van der Waals surface area contributed by atoms with Gasteiger partial charge in [-0.15, -0.1) is 0 Å². The van der Waals surface area contributed by atoms with Crippen LogP contribution in [0.5, 0.6) is 0 Å². The monoisotopic (exact) mass is 184 g/mol. The lowest BCUT2D eigenvalue weighted by atomic mass is 9.92. The van der Waals surface area contributed by atoms with E-state index >= 15 is 0 Å². The van der Waals surface area contributed by atoms with Crippen LogP contribution in [0.2, 0.25) is 0 Å². The van der Waals surface area contributed by atoms with E-state index in [-0.39, 0.29) is 5.91 Å². The third-order valence-corrected chi connectivity index (χ3v) is 3.13. The second-order valence-corrected chi connectivity index (χ2v) is 4.33. The molecule has 1 rings (SSSR count).